The number of halogens is 1. The number of carboxylic acids is 1. The molecule has 0 radical (unpaired) electrons. The number of aliphatic carboxylic acids is 1. The molecule has 1 unspecified atom stereocenters. The SMILES string of the molecule is Cc1csc(C(=O)NC(C(=O)O)c2cnn(C)c2)c1Cl. The van der Waals surface area contributed by atoms with Gasteiger partial charge in [-0.3, -0.25) is 9.48 Å². The maximum Gasteiger partial charge on any atom is 0.331 e. The first-order chi connectivity index (χ1) is 9.40. The molecular formula is C12H12ClN3O3S. The summed E-state index contributed by atoms with van der Waals surface area (Å²) in [6, 6.07) is -1.16. The fourth-order valence-electron chi connectivity index (χ4n) is 1.66. The molecule has 0 aliphatic rings. The van der Waals surface area contributed by atoms with Crippen molar-refractivity contribution in [1.29, 1.82) is 0 Å². The zero-order valence-corrected chi connectivity index (χ0v) is 12.3. The highest BCUT2D eigenvalue weighted by molar-refractivity contribution is 7.13. The molecule has 0 bridgehead atoms. The summed E-state index contributed by atoms with van der Waals surface area (Å²) in [5, 5.41) is 17.7. The van der Waals surface area contributed by atoms with E-state index in [-0.39, 0.29) is 0 Å². The van der Waals surface area contributed by atoms with Crippen molar-refractivity contribution in [2.24, 2.45) is 7.05 Å². The number of nitrogens with zero attached hydrogens (tertiary/aromatic N) is 2. The van der Waals surface area contributed by atoms with Gasteiger partial charge >= 0.3 is 5.97 Å². The number of hydrogen-bond donors (Lipinski definition) is 2. The molecular weight excluding hydrogens is 302 g/mol. The Bertz CT molecular complexity index is 665. The number of thiophene rings is 1. The van der Waals surface area contributed by atoms with E-state index in [1.165, 1.54) is 22.2 Å². The van der Waals surface area contributed by atoms with Crippen LogP contribution >= 0.6 is 22.9 Å². The minimum absolute atomic E-state index is 0.305. The first-order valence-corrected chi connectivity index (χ1v) is 6.91. The monoisotopic (exact) mass is 313 g/mol. The van der Waals surface area contributed by atoms with Crippen LogP contribution in [-0.2, 0) is 11.8 Å². The van der Waals surface area contributed by atoms with E-state index >= 15 is 0 Å². The van der Waals surface area contributed by atoms with Crippen molar-refractivity contribution in [2.75, 3.05) is 0 Å². The maximum absolute atomic E-state index is 12.1. The molecule has 2 N–H and O–H groups in total. The van der Waals surface area contributed by atoms with E-state index in [0.717, 1.165) is 5.56 Å². The lowest BCUT2D eigenvalue weighted by Crippen LogP contribution is -2.33. The van der Waals surface area contributed by atoms with Gasteiger partial charge in [-0.1, -0.05) is 11.6 Å². The van der Waals surface area contributed by atoms with Crippen LogP contribution in [0.2, 0.25) is 5.02 Å². The molecule has 0 fully saturated rings. The smallest absolute Gasteiger partial charge is 0.331 e. The predicted octanol–water partition coefficient (Wildman–Crippen LogP) is 2.00. The average Bonchev–Trinajstić information content (AvgIpc) is 2.94. The van der Waals surface area contributed by atoms with Gasteiger partial charge in [-0.2, -0.15) is 5.10 Å². The molecule has 0 aliphatic heterocycles. The Morgan fingerprint density at radius 1 is 1.55 bits per heavy atom. The van der Waals surface area contributed by atoms with Gasteiger partial charge in [0.05, 0.1) is 11.2 Å². The van der Waals surface area contributed by atoms with Gasteiger partial charge in [0.15, 0.2) is 6.04 Å². The average molecular weight is 314 g/mol. The molecule has 2 aromatic heterocycles. The van der Waals surface area contributed by atoms with Crippen molar-refractivity contribution in [1.82, 2.24) is 15.1 Å². The number of carbonyl (C=O) groups excluding carboxylic acids is 1. The highest BCUT2D eigenvalue weighted by atomic mass is 35.5. The molecule has 0 saturated heterocycles. The third-order valence-electron chi connectivity index (χ3n) is 2.69. The van der Waals surface area contributed by atoms with E-state index in [0.29, 0.717) is 15.5 Å². The summed E-state index contributed by atoms with van der Waals surface area (Å²) in [5.74, 6) is -1.67. The Morgan fingerprint density at radius 3 is 2.70 bits per heavy atom. The summed E-state index contributed by atoms with van der Waals surface area (Å²) >= 11 is 7.18. The van der Waals surface area contributed by atoms with Crippen LogP contribution in [0.25, 0.3) is 0 Å². The van der Waals surface area contributed by atoms with Crippen molar-refractivity contribution in [3.8, 4) is 0 Å². The summed E-state index contributed by atoms with van der Waals surface area (Å²) < 4.78 is 1.47. The lowest BCUT2D eigenvalue weighted by molar-refractivity contribution is -0.139. The highest BCUT2D eigenvalue weighted by Crippen LogP contribution is 2.27. The number of aryl methyl sites for hydroxylation is 2. The number of carbonyl (C=O) groups is 2. The van der Waals surface area contributed by atoms with Gasteiger partial charge < -0.3 is 10.4 Å². The summed E-state index contributed by atoms with van der Waals surface area (Å²) in [4.78, 5) is 23.7. The van der Waals surface area contributed by atoms with Gasteiger partial charge in [-0.15, -0.1) is 11.3 Å². The Morgan fingerprint density at radius 2 is 2.25 bits per heavy atom. The van der Waals surface area contributed by atoms with Gasteiger partial charge in [-0.05, 0) is 17.9 Å². The van der Waals surface area contributed by atoms with E-state index in [1.54, 1.807) is 25.5 Å². The third kappa shape index (κ3) is 2.83. The quantitative estimate of drug-likeness (QED) is 0.904. The fraction of sp³-hybridized carbons (Fsp3) is 0.250. The highest BCUT2D eigenvalue weighted by Gasteiger charge is 2.25. The second-order valence-corrected chi connectivity index (χ2v) is 5.51. The minimum atomic E-state index is -1.16. The molecule has 20 heavy (non-hydrogen) atoms. The molecule has 0 aromatic carbocycles. The summed E-state index contributed by atoms with van der Waals surface area (Å²) in [6.07, 6.45) is 2.95. The lowest BCUT2D eigenvalue weighted by Gasteiger charge is -2.12. The van der Waals surface area contributed by atoms with Crippen LogP contribution in [0.1, 0.15) is 26.8 Å². The van der Waals surface area contributed by atoms with Gasteiger partial charge in [0, 0.05) is 18.8 Å². The predicted molar refractivity (Wildman–Crippen MR) is 75.1 cm³/mol. The van der Waals surface area contributed by atoms with Crippen LogP contribution in [0.5, 0.6) is 0 Å². The van der Waals surface area contributed by atoms with E-state index in [1.807, 2.05) is 0 Å². The van der Waals surface area contributed by atoms with Crippen molar-refractivity contribution in [2.45, 2.75) is 13.0 Å². The second kappa shape index (κ2) is 5.64. The van der Waals surface area contributed by atoms with Crippen LogP contribution in [0.15, 0.2) is 17.8 Å². The third-order valence-corrected chi connectivity index (χ3v) is 4.38. The lowest BCUT2D eigenvalue weighted by atomic mass is 10.1. The Balaban J connectivity index is 2.23. The van der Waals surface area contributed by atoms with E-state index in [4.69, 9.17) is 11.6 Å². The number of hydrogen-bond acceptors (Lipinski definition) is 4. The van der Waals surface area contributed by atoms with E-state index < -0.39 is 17.9 Å². The van der Waals surface area contributed by atoms with Crippen LogP contribution < -0.4 is 5.32 Å². The van der Waals surface area contributed by atoms with Crippen LogP contribution in [0.3, 0.4) is 0 Å². The van der Waals surface area contributed by atoms with Crippen molar-refractivity contribution in [3.05, 3.63) is 38.8 Å². The Labute approximate surface area is 124 Å². The molecule has 0 aliphatic carbocycles. The molecule has 1 atom stereocenters. The molecule has 0 spiro atoms. The summed E-state index contributed by atoms with van der Waals surface area (Å²) in [5.41, 5.74) is 1.19. The largest absolute Gasteiger partial charge is 0.479 e. The normalized spacial score (nSPS) is 12.2. The fourth-order valence-corrected chi connectivity index (χ4v) is 2.84. The van der Waals surface area contributed by atoms with Crippen molar-refractivity contribution < 1.29 is 14.7 Å². The zero-order chi connectivity index (χ0) is 14.9. The maximum atomic E-state index is 12.1. The molecule has 6 nitrogen and oxygen atoms in total. The minimum Gasteiger partial charge on any atom is -0.479 e. The van der Waals surface area contributed by atoms with Crippen molar-refractivity contribution in [3.63, 3.8) is 0 Å². The summed E-state index contributed by atoms with van der Waals surface area (Å²) in [6.45, 7) is 1.78. The topological polar surface area (TPSA) is 84.2 Å². The van der Waals surface area contributed by atoms with E-state index in [9.17, 15) is 14.7 Å². The molecule has 1 amide bonds. The van der Waals surface area contributed by atoms with Gasteiger partial charge in [0.2, 0.25) is 0 Å². The van der Waals surface area contributed by atoms with Gasteiger partial charge in [0.25, 0.3) is 5.91 Å². The van der Waals surface area contributed by atoms with Gasteiger partial charge in [-0.25, -0.2) is 4.79 Å². The zero-order valence-electron chi connectivity index (χ0n) is 10.8. The molecule has 2 rings (SSSR count). The Kier molecular flexibility index (Phi) is 4.10. The first-order valence-electron chi connectivity index (χ1n) is 5.66. The van der Waals surface area contributed by atoms with Crippen LogP contribution in [0.4, 0.5) is 0 Å². The number of aromatic nitrogens is 2. The molecule has 0 saturated carbocycles. The number of nitrogens with one attached hydrogen (secondary N) is 1. The standard InChI is InChI=1S/C12H12ClN3O3S/c1-6-5-20-10(8(6)13)11(17)15-9(12(18)19)7-3-14-16(2)4-7/h3-5,9H,1-2H3,(H,15,17)(H,18,19). The number of carboxylic acid groups (broad SMARTS) is 1. The molecule has 2 aromatic rings. The summed E-state index contributed by atoms with van der Waals surface area (Å²) in [7, 11) is 1.67. The van der Waals surface area contributed by atoms with Crippen molar-refractivity contribution >= 4 is 34.8 Å². The van der Waals surface area contributed by atoms with Crippen LogP contribution in [-0.4, -0.2) is 26.8 Å². The molecule has 8 heteroatoms. The Hall–Kier alpha value is -1.86. The first kappa shape index (κ1) is 14.5. The molecule has 2 heterocycles. The number of amides is 1. The van der Waals surface area contributed by atoms with E-state index in [2.05, 4.69) is 10.4 Å². The number of rotatable bonds is 4. The molecule has 106 valence electrons. The second-order valence-electron chi connectivity index (χ2n) is 4.25. The van der Waals surface area contributed by atoms with Gasteiger partial charge in [0.1, 0.15) is 4.88 Å². The van der Waals surface area contributed by atoms with Crippen LogP contribution in [0, 0.1) is 6.92 Å².